The van der Waals surface area contributed by atoms with Gasteiger partial charge in [-0.05, 0) is 13.0 Å². The first-order valence-electron chi connectivity index (χ1n) is 6.05. The molecular weight excluding hydrogens is 247 g/mol. The molecule has 0 spiro atoms. The molecule has 5 heteroatoms. The van der Waals surface area contributed by atoms with Crippen molar-refractivity contribution in [3.8, 4) is 5.75 Å². The summed E-state index contributed by atoms with van der Waals surface area (Å²) in [5, 5.41) is 0. The minimum atomic E-state index is -0.445. The van der Waals surface area contributed by atoms with Crippen LogP contribution >= 0.6 is 0 Å². The van der Waals surface area contributed by atoms with Crippen LogP contribution < -0.4 is 15.4 Å². The van der Waals surface area contributed by atoms with E-state index < -0.39 is 5.82 Å². The van der Waals surface area contributed by atoms with Crippen LogP contribution in [0.1, 0.15) is 12.5 Å². The summed E-state index contributed by atoms with van der Waals surface area (Å²) >= 11 is 0. The first-order chi connectivity index (χ1) is 9.11. The van der Waals surface area contributed by atoms with Crippen molar-refractivity contribution >= 4 is 11.4 Å². The van der Waals surface area contributed by atoms with Crippen LogP contribution in [-0.4, -0.2) is 13.7 Å². The van der Waals surface area contributed by atoms with Crippen molar-refractivity contribution in [2.45, 2.75) is 13.5 Å². The Bertz CT molecular complexity index is 541. The van der Waals surface area contributed by atoms with Crippen molar-refractivity contribution < 1.29 is 13.5 Å². The second-order valence-corrected chi connectivity index (χ2v) is 4.26. The lowest BCUT2D eigenvalue weighted by molar-refractivity contribution is 0.322. The third-order valence-corrected chi connectivity index (χ3v) is 2.79. The van der Waals surface area contributed by atoms with E-state index in [0.717, 1.165) is 11.3 Å². The van der Waals surface area contributed by atoms with Crippen LogP contribution in [0.3, 0.4) is 0 Å². The maximum absolute atomic E-state index is 13.6. The highest BCUT2D eigenvalue weighted by atomic mass is 19.1. The standard InChI is InChI=1S/C14H17FN2O2/c1-3-19-14-7-13(12(16)6-11(14)15)17(2)8-10-4-5-18-9-10/h4-7,9H,3,8,16H2,1-2H3. The van der Waals surface area contributed by atoms with E-state index in [2.05, 4.69) is 0 Å². The number of hydrogen-bond donors (Lipinski definition) is 1. The summed E-state index contributed by atoms with van der Waals surface area (Å²) in [6.45, 7) is 2.84. The molecule has 0 atom stereocenters. The Morgan fingerprint density at radius 3 is 2.84 bits per heavy atom. The molecule has 1 heterocycles. The molecule has 1 aromatic heterocycles. The van der Waals surface area contributed by atoms with Crippen LogP contribution in [-0.2, 0) is 6.54 Å². The molecule has 2 aromatic rings. The van der Waals surface area contributed by atoms with Gasteiger partial charge in [-0.2, -0.15) is 0 Å². The van der Waals surface area contributed by atoms with Crippen LogP contribution in [0.4, 0.5) is 15.8 Å². The van der Waals surface area contributed by atoms with Gasteiger partial charge in [-0.1, -0.05) is 0 Å². The van der Waals surface area contributed by atoms with Crippen LogP contribution in [0.25, 0.3) is 0 Å². The Hall–Kier alpha value is -2.17. The topological polar surface area (TPSA) is 51.6 Å². The fraction of sp³-hybridized carbons (Fsp3) is 0.286. The average molecular weight is 264 g/mol. The molecule has 2 N–H and O–H groups in total. The monoisotopic (exact) mass is 264 g/mol. The molecule has 102 valence electrons. The number of halogens is 1. The average Bonchev–Trinajstić information content (AvgIpc) is 2.85. The molecule has 0 radical (unpaired) electrons. The molecule has 0 fully saturated rings. The van der Waals surface area contributed by atoms with Crippen LogP contribution in [0.5, 0.6) is 5.75 Å². The Balaban J connectivity index is 2.25. The number of nitrogen functional groups attached to an aromatic ring is 1. The van der Waals surface area contributed by atoms with E-state index in [4.69, 9.17) is 14.9 Å². The molecule has 19 heavy (non-hydrogen) atoms. The van der Waals surface area contributed by atoms with Crippen molar-refractivity contribution in [2.75, 3.05) is 24.3 Å². The van der Waals surface area contributed by atoms with Gasteiger partial charge >= 0.3 is 0 Å². The van der Waals surface area contributed by atoms with Crippen molar-refractivity contribution in [1.82, 2.24) is 0 Å². The Morgan fingerprint density at radius 1 is 1.42 bits per heavy atom. The number of nitrogens with two attached hydrogens (primary N) is 1. The van der Waals surface area contributed by atoms with Crippen molar-refractivity contribution in [3.05, 3.63) is 42.1 Å². The highest BCUT2D eigenvalue weighted by Gasteiger charge is 2.12. The summed E-state index contributed by atoms with van der Waals surface area (Å²) in [4.78, 5) is 1.92. The van der Waals surface area contributed by atoms with E-state index in [1.807, 2.05) is 24.9 Å². The van der Waals surface area contributed by atoms with Crippen molar-refractivity contribution in [3.63, 3.8) is 0 Å². The molecule has 2 rings (SSSR count). The summed E-state index contributed by atoms with van der Waals surface area (Å²) in [5.41, 5.74) is 7.98. The summed E-state index contributed by atoms with van der Waals surface area (Å²) in [5.74, 6) is -0.231. The zero-order chi connectivity index (χ0) is 13.8. The molecule has 0 aliphatic carbocycles. The summed E-state index contributed by atoms with van der Waals surface area (Å²) in [7, 11) is 1.88. The van der Waals surface area contributed by atoms with Gasteiger partial charge < -0.3 is 19.8 Å². The van der Waals surface area contributed by atoms with E-state index in [9.17, 15) is 4.39 Å². The summed E-state index contributed by atoms with van der Waals surface area (Å²) in [6, 6.07) is 4.78. The van der Waals surface area contributed by atoms with Gasteiger partial charge in [0.1, 0.15) is 0 Å². The van der Waals surface area contributed by atoms with E-state index in [-0.39, 0.29) is 5.75 Å². The maximum atomic E-state index is 13.6. The van der Waals surface area contributed by atoms with E-state index in [1.54, 1.807) is 18.6 Å². The first kappa shape index (κ1) is 13.3. The number of hydrogen-bond acceptors (Lipinski definition) is 4. The fourth-order valence-corrected chi connectivity index (χ4v) is 1.90. The summed E-state index contributed by atoms with van der Waals surface area (Å²) < 4.78 is 23.9. The van der Waals surface area contributed by atoms with Crippen molar-refractivity contribution in [2.24, 2.45) is 0 Å². The molecule has 0 unspecified atom stereocenters. The van der Waals surface area contributed by atoms with Gasteiger partial charge in [0.25, 0.3) is 0 Å². The smallest absolute Gasteiger partial charge is 0.167 e. The number of ether oxygens (including phenoxy) is 1. The number of furan rings is 1. The zero-order valence-corrected chi connectivity index (χ0v) is 11.0. The number of nitrogens with zero attached hydrogens (tertiary/aromatic N) is 1. The minimum Gasteiger partial charge on any atom is -0.491 e. The summed E-state index contributed by atoms with van der Waals surface area (Å²) in [6.07, 6.45) is 3.28. The molecule has 4 nitrogen and oxygen atoms in total. The maximum Gasteiger partial charge on any atom is 0.167 e. The molecule has 0 amide bonds. The first-order valence-corrected chi connectivity index (χ1v) is 6.05. The van der Waals surface area contributed by atoms with Gasteiger partial charge in [-0.3, -0.25) is 0 Å². The molecule has 0 saturated heterocycles. The third-order valence-electron chi connectivity index (χ3n) is 2.79. The van der Waals surface area contributed by atoms with Crippen LogP contribution in [0, 0.1) is 5.82 Å². The quantitative estimate of drug-likeness (QED) is 0.843. The fourth-order valence-electron chi connectivity index (χ4n) is 1.90. The number of rotatable bonds is 5. The lowest BCUT2D eigenvalue weighted by Crippen LogP contribution is -2.17. The Kier molecular flexibility index (Phi) is 3.94. The van der Waals surface area contributed by atoms with Gasteiger partial charge in [0, 0.05) is 31.3 Å². The lowest BCUT2D eigenvalue weighted by atomic mass is 10.2. The molecule has 0 bridgehead atoms. The second kappa shape index (κ2) is 5.65. The highest BCUT2D eigenvalue weighted by Crippen LogP contribution is 2.31. The van der Waals surface area contributed by atoms with E-state index in [1.165, 1.54) is 6.07 Å². The van der Waals surface area contributed by atoms with Gasteiger partial charge in [0.05, 0.1) is 30.5 Å². The Labute approximate surface area is 111 Å². The number of anilines is 2. The van der Waals surface area contributed by atoms with Crippen LogP contribution in [0.15, 0.2) is 35.1 Å². The zero-order valence-electron chi connectivity index (χ0n) is 11.0. The predicted molar refractivity (Wildman–Crippen MR) is 72.8 cm³/mol. The number of benzene rings is 1. The molecular formula is C14H17FN2O2. The minimum absolute atomic E-state index is 0.214. The van der Waals surface area contributed by atoms with E-state index in [0.29, 0.717) is 18.8 Å². The molecule has 0 aliphatic rings. The van der Waals surface area contributed by atoms with Gasteiger partial charge in [0.15, 0.2) is 11.6 Å². The normalized spacial score (nSPS) is 10.5. The SMILES string of the molecule is CCOc1cc(N(C)Cc2ccoc2)c(N)cc1F. The third kappa shape index (κ3) is 2.99. The van der Waals surface area contributed by atoms with Crippen molar-refractivity contribution in [1.29, 1.82) is 0 Å². The highest BCUT2D eigenvalue weighted by molar-refractivity contribution is 5.69. The predicted octanol–water partition coefficient (Wildman–Crippen LogP) is 3.04. The molecule has 0 aliphatic heterocycles. The largest absolute Gasteiger partial charge is 0.491 e. The van der Waals surface area contributed by atoms with Gasteiger partial charge in [-0.15, -0.1) is 0 Å². The lowest BCUT2D eigenvalue weighted by Gasteiger charge is -2.21. The van der Waals surface area contributed by atoms with E-state index >= 15 is 0 Å². The second-order valence-electron chi connectivity index (χ2n) is 4.26. The van der Waals surface area contributed by atoms with Gasteiger partial charge in [0.2, 0.25) is 0 Å². The van der Waals surface area contributed by atoms with Crippen LogP contribution in [0.2, 0.25) is 0 Å². The van der Waals surface area contributed by atoms with Gasteiger partial charge in [-0.25, -0.2) is 4.39 Å². The molecule has 1 aromatic carbocycles. The molecule has 0 saturated carbocycles. The Morgan fingerprint density at radius 2 is 2.21 bits per heavy atom.